The van der Waals surface area contributed by atoms with E-state index in [1.165, 1.54) is 22.3 Å². The van der Waals surface area contributed by atoms with Crippen molar-refractivity contribution in [2.24, 2.45) is 5.73 Å². The van der Waals surface area contributed by atoms with Crippen molar-refractivity contribution < 1.29 is 4.74 Å². The second-order valence-corrected chi connectivity index (χ2v) is 5.29. The SMILES string of the molecule is COc1ccc(C(CN)Cc2ccccc2C)c(C)c1. The first-order valence-corrected chi connectivity index (χ1v) is 7.04. The molecule has 20 heavy (non-hydrogen) atoms. The van der Waals surface area contributed by atoms with E-state index in [-0.39, 0.29) is 0 Å². The van der Waals surface area contributed by atoms with Crippen molar-refractivity contribution in [2.75, 3.05) is 13.7 Å². The molecule has 0 aliphatic heterocycles. The van der Waals surface area contributed by atoms with Gasteiger partial charge in [-0.25, -0.2) is 0 Å². The summed E-state index contributed by atoms with van der Waals surface area (Å²) in [6.07, 6.45) is 0.982. The van der Waals surface area contributed by atoms with Gasteiger partial charge in [0.1, 0.15) is 5.75 Å². The molecule has 2 aromatic carbocycles. The molecule has 2 rings (SSSR count). The summed E-state index contributed by atoms with van der Waals surface area (Å²) in [5.74, 6) is 1.25. The zero-order valence-corrected chi connectivity index (χ0v) is 12.5. The molecule has 0 saturated carbocycles. The topological polar surface area (TPSA) is 35.2 Å². The molecular weight excluding hydrogens is 246 g/mol. The molecule has 0 bridgehead atoms. The van der Waals surface area contributed by atoms with Crippen LogP contribution in [-0.2, 0) is 6.42 Å². The maximum atomic E-state index is 6.01. The number of hydrogen-bond donors (Lipinski definition) is 1. The fraction of sp³-hybridized carbons (Fsp3) is 0.333. The van der Waals surface area contributed by atoms with E-state index in [2.05, 4.69) is 50.2 Å². The Balaban J connectivity index is 2.27. The average molecular weight is 269 g/mol. The van der Waals surface area contributed by atoms with E-state index in [0.717, 1.165) is 12.2 Å². The molecule has 2 heteroatoms. The van der Waals surface area contributed by atoms with Crippen LogP contribution in [-0.4, -0.2) is 13.7 Å². The zero-order chi connectivity index (χ0) is 14.5. The maximum Gasteiger partial charge on any atom is 0.119 e. The minimum Gasteiger partial charge on any atom is -0.497 e. The fourth-order valence-electron chi connectivity index (χ4n) is 2.66. The van der Waals surface area contributed by atoms with Crippen molar-refractivity contribution in [3.05, 3.63) is 64.7 Å². The van der Waals surface area contributed by atoms with Crippen molar-refractivity contribution >= 4 is 0 Å². The molecule has 2 nitrogen and oxygen atoms in total. The lowest BCUT2D eigenvalue weighted by Crippen LogP contribution is -2.16. The Bertz CT molecular complexity index is 577. The number of nitrogens with two attached hydrogens (primary N) is 1. The van der Waals surface area contributed by atoms with Crippen LogP contribution in [0, 0.1) is 13.8 Å². The second kappa shape index (κ2) is 6.58. The molecule has 2 aromatic rings. The minimum absolute atomic E-state index is 0.349. The van der Waals surface area contributed by atoms with Crippen LogP contribution in [0.1, 0.15) is 28.2 Å². The third-order valence-electron chi connectivity index (χ3n) is 3.93. The first-order valence-electron chi connectivity index (χ1n) is 7.04. The van der Waals surface area contributed by atoms with Crippen LogP contribution >= 0.6 is 0 Å². The summed E-state index contributed by atoms with van der Waals surface area (Å²) in [6.45, 7) is 4.93. The molecule has 1 atom stereocenters. The fourth-order valence-corrected chi connectivity index (χ4v) is 2.66. The minimum atomic E-state index is 0.349. The van der Waals surface area contributed by atoms with Crippen LogP contribution < -0.4 is 10.5 Å². The number of ether oxygens (including phenoxy) is 1. The summed E-state index contributed by atoms with van der Waals surface area (Å²) in [7, 11) is 1.70. The summed E-state index contributed by atoms with van der Waals surface area (Å²) in [6, 6.07) is 14.8. The smallest absolute Gasteiger partial charge is 0.119 e. The number of benzene rings is 2. The molecule has 0 aromatic heterocycles. The van der Waals surface area contributed by atoms with Crippen molar-refractivity contribution in [1.82, 2.24) is 0 Å². The Morgan fingerprint density at radius 1 is 1.05 bits per heavy atom. The molecule has 0 amide bonds. The second-order valence-electron chi connectivity index (χ2n) is 5.29. The number of aryl methyl sites for hydroxylation is 2. The van der Waals surface area contributed by atoms with Crippen molar-refractivity contribution in [1.29, 1.82) is 0 Å². The molecule has 0 spiro atoms. The molecule has 0 heterocycles. The van der Waals surface area contributed by atoms with E-state index in [0.29, 0.717) is 12.5 Å². The molecule has 0 radical (unpaired) electrons. The van der Waals surface area contributed by atoms with Gasteiger partial charge in [0.15, 0.2) is 0 Å². The highest BCUT2D eigenvalue weighted by molar-refractivity contribution is 5.38. The third-order valence-corrected chi connectivity index (χ3v) is 3.93. The lowest BCUT2D eigenvalue weighted by atomic mass is 9.88. The van der Waals surface area contributed by atoms with Crippen molar-refractivity contribution in [2.45, 2.75) is 26.2 Å². The third kappa shape index (κ3) is 3.20. The predicted octanol–water partition coefficient (Wildman–Crippen LogP) is 3.60. The van der Waals surface area contributed by atoms with Gasteiger partial charge in [-0.2, -0.15) is 0 Å². The van der Waals surface area contributed by atoms with Gasteiger partial charge in [-0.15, -0.1) is 0 Å². The summed E-state index contributed by atoms with van der Waals surface area (Å²) >= 11 is 0. The molecule has 1 unspecified atom stereocenters. The standard InChI is InChI=1S/C18H23NO/c1-13-6-4-5-7-15(13)11-16(12-19)18-9-8-17(20-3)10-14(18)2/h4-10,16H,11-12,19H2,1-3H3. The van der Waals surface area contributed by atoms with Gasteiger partial charge in [-0.05, 0) is 61.2 Å². The molecule has 0 aliphatic carbocycles. The van der Waals surface area contributed by atoms with Crippen molar-refractivity contribution in [3.63, 3.8) is 0 Å². The Labute approximate surface area is 121 Å². The van der Waals surface area contributed by atoms with E-state index in [4.69, 9.17) is 10.5 Å². The van der Waals surface area contributed by atoms with E-state index in [9.17, 15) is 0 Å². The van der Waals surface area contributed by atoms with Crippen LogP contribution in [0.15, 0.2) is 42.5 Å². The number of methoxy groups -OCH3 is 1. The van der Waals surface area contributed by atoms with Gasteiger partial charge in [0, 0.05) is 5.92 Å². The molecule has 0 saturated heterocycles. The van der Waals surface area contributed by atoms with Gasteiger partial charge < -0.3 is 10.5 Å². The highest BCUT2D eigenvalue weighted by atomic mass is 16.5. The van der Waals surface area contributed by atoms with Crippen LogP contribution in [0.25, 0.3) is 0 Å². The van der Waals surface area contributed by atoms with E-state index >= 15 is 0 Å². The van der Waals surface area contributed by atoms with Crippen molar-refractivity contribution in [3.8, 4) is 5.75 Å². The lowest BCUT2D eigenvalue weighted by Gasteiger charge is -2.19. The molecule has 0 aliphatic rings. The summed E-state index contributed by atoms with van der Waals surface area (Å²) < 4.78 is 5.27. The highest BCUT2D eigenvalue weighted by Crippen LogP contribution is 2.27. The van der Waals surface area contributed by atoms with Gasteiger partial charge in [-0.1, -0.05) is 30.3 Å². The molecule has 2 N–H and O–H groups in total. The maximum absolute atomic E-state index is 6.01. The molecule has 0 fully saturated rings. The van der Waals surface area contributed by atoms with E-state index < -0.39 is 0 Å². The molecular formula is C18H23NO. The Morgan fingerprint density at radius 3 is 2.40 bits per heavy atom. The van der Waals surface area contributed by atoms with E-state index in [1.807, 2.05) is 6.07 Å². The Hall–Kier alpha value is -1.80. The Kier molecular flexibility index (Phi) is 4.80. The van der Waals surface area contributed by atoms with E-state index in [1.54, 1.807) is 7.11 Å². The molecule has 106 valence electrons. The lowest BCUT2D eigenvalue weighted by molar-refractivity contribution is 0.414. The van der Waals surface area contributed by atoms with Crippen LogP contribution in [0.3, 0.4) is 0 Å². The largest absolute Gasteiger partial charge is 0.497 e. The van der Waals surface area contributed by atoms with Gasteiger partial charge in [0.25, 0.3) is 0 Å². The average Bonchev–Trinajstić information content (AvgIpc) is 2.47. The number of hydrogen-bond acceptors (Lipinski definition) is 2. The normalized spacial score (nSPS) is 12.2. The summed E-state index contributed by atoms with van der Waals surface area (Å²) in [5.41, 5.74) is 11.3. The Morgan fingerprint density at radius 2 is 1.80 bits per heavy atom. The van der Waals surface area contributed by atoms with Gasteiger partial charge in [0.05, 0.1) is 7.11 Å². The predicted molar refractivity (Wildman–Crippen MR) is 84.4 cm³/mol. The zero-order valence-electron chi connectivity index (χ0n) is 12.5. The van der Waals surface area contributed by atoms with Crippen LogP contribution in [0.4, 0.5) is 0 Å². The first-order chi connectivity index (χ1) is 9.65. The number of rotatable bonds is 5. The van der Waals surface area contributed by atoms with Crippen LogP contribution in [0.5, 0.6) is 5.75 Å². The summed E-state index contributed by atoms with van der Waals surface area (Å²) in [5, 5.41) is 0. The quantitative estimate of drug-likeness (QED) is 0.900. The highest BCUT2D eigenvalue weighted by Gasteiger charge is 2.14. The van der Waals surface area contributed by atoms with Crippen LogP contribution in [0.2, 0.25) is 0 Å². The van der Waals surface area contributed by atoms with Gasteiger partial charge in [0.2, 0.25) is 0 Å². The first kappa shape index (κ1) is 14.6. The van der Waals surface area contributed by atoms with Gasteiger partial charge in [-0.3, -0.25) is 0 Å². The monoisotopic (exact) mass is 269 g/mol. The van der Waals surface area contributed by atoms with Gasteiger partial charge >= 0.3 is 0 Å². The summed E-state index contributed by atoms with van der Waals surface area (Å²) in [4.78, 5) is 0.